The molecule has 13 heavy (non-hydrogen) atoms. The van der Waals surface area contributed by atoms with Crippen molar-refractivity contribution in [1.29, 1.82) is 0 Å². The van der Waals surface area contributed by atoms with Gasteiger partial charge in [0.25, 0.3) is 0 Å². The Labute approximate surface area is 77.0 Å². The maximum Gasteiger partial charge on any atom is 0.332 e. The van der Waals surface area contributed by atoms with Crippen molar-refractivity contribution >= 4 is 5.97 Å². The van der Waals surface area contributed by atoms with Crippen LogP contribution in [0.3, 0.4) is 0 Å². The van der Waals surface area contributed by atoms with Gasteiger partial charge in [0.2, 0.25) is 0 Å². The SMILES string of the molecule is COC(=O)/C=C(/C)NCC(O)CO. The fourth-order valence-corrected chi connectivity index (χ4v) is 0.630. The molecule has 0 spiro atoms. The molecule has 0 bridgehead atoms. The molecule has 76 valence electrons. The van der Waals surface area contributed by atoms with Crippen LogP contribution in [0, 0.1) is 0 Å². The standard InChI is InChI=1S/C8H15NO4/c1-6(3-8(12)13-2)9-4-7(11)5-10/h3,7,9-11H,4-5H2,1-2H3/b6-3-. The Hall–Kier alpha value is -1.07. The van der Waals surface area contributed by atoms with Crippen molar-refractivity contribution in [3.05, 3.63) is 11.8 Å². The molecule has 0 heterocycles. The van der Waals surface area contributed by atoms with Crippen LogP contribution in [0.25, 0.3) is 0 Å². The fourth-order valence-electron chi connectivity index (χ4n) is 0.630. The van der Waals surface area contributed by atoms with Crippen molar-refractivity contribution in [2.75, 3.05) is 20.3 Å². The first-order chi connectivity index (χ1) is 6.10. The Bertz CT molecular complexity index is 191. The molecule has 0 aromatic rings. The molecule has 0 aliphatic carbocycles. The van der Waals surface area contributed by atoms with E-state index in [9.17, 15) is 4.79 Å². The highest BCUT2D eigenvalue weighted by Gasteiger charge is 2.01. The first-order valence-corrected chi connectivity index (χ1v) is 3.89. The van der Waals surface area contributed by atoms with E-state index >= 15 is 0 Å². The van der Waals surface area contributed by atoms with E-state index in [-0.39, 0.29) is 13.2 Å². The number of aliphatic hydroxyl groups is 2. The van der Waals surface area contributed by atoms with Crippen LogP contribution in [-0.2, 0) is 9.53 Å². The molecule has 0 amide bonds. The van der Waals surface area contributed by atoms with Crippen LogP contribution in [0.5, 0.6) is 0 Å². The van der Waals surface area contributed by atoms with Gasteiger partial charge in [-0.3, -0.25) is 0 Å². The zero-order valence-electron chi connectivity index (χ0n) is 7.78. The molecular weight excluding hydrogens is 174 g/mol. The molecule has 1 atom stereocenters. The molecule has 5 heteroatoms. The molecule has 0 aromatic heterocycles. The maximum absolute atomic E-state index is 10.7. The number of carbonyl (C=O) groups excluding carboxylic acids is 1. The van der Waals surface area contributed by atoms with Crippen molar-refractivity contribution in [1.82, 2.24) is 5.32 Å². The highest BCUT2D eigenvalue weighted by Crippen LogP contribution is 1.89. The summed E-state index contributed by atoms with van der Waals surface area (Å²) in [7, 11) is 1.29. The highest BCUT2D eigenvalue weighted by atomic mass is 16.5. The lowest BCUT2D eigenvalue weighted by Crippen LogP contribution is -2.28. The van der Waals surface area contributed by atoms with Crippen LogP contribution in [0.2, 0.25) is 0 Å². The predicted octanol–water partition coefficient (Wildman–Crippen LogP) is -0.994. The topological polar surface area (TPSA) is 78.8 Å². The van der Waals surface area contributed by atoms with Gasteiger partial charge >= 0.3 is 5.97 Å². The van der Waals surface area contributed by atoms with Gasteiger partial charge in [0, 0.05) is 18.3 Å². The predicted molar refractivity (Wildman–Crippen MR) is 46.9 cm³/mol. The minimum Gasteiger partial charge on any atom is -0.466 e. The summed E-state index contributed by atoms with van der Waals surface area (Å²) in [6.45, 7) is 1.56. The lowest BCUT2D eigenvalue weighted by molar-refractivity contribution is -0.134. The average Bonchev–Trinajstić information content (AvgIpc) is 2.13. The fraction of sp³-hybridized carbons (Fsp3) is 0.625. The monoisotopic (exact) mass is 189 g/mol. The second-order valence-electron chi connectivity index (χ2n) is 2.57. The molecule has 0 radical (unpaired) electrons. The Morgan fingerprint density at radius 1 is 1.69 bits per heavy atom. The number of hydrogen-bond donors (Lipinski definition) is 3. The number of rotatable bonds is 5. The average molecular weight is 189 g/mol. The van der Waals surface area contributed by atoms with Crippen LogP contribution in [0.1, 0.15) is 6.92 Å². The number of aliphatic hydroxyl groups excluding tert-OH is 2. The third-order valence-electron chi connectivity index (χ3n) is 1.36. The summed E-state index contributed by atoms with van der Waals surface area (Å²) < 4.78 is 4.39. The number of methoxy groups -OCH3 is 1. The van der Waals surface area contributed by atoms with Gasteiger partial charge in [0.1, 0.15) is 0 Å². The second kappa shape index (κ2) is 6.45. The number of allylic oxidation sites excluding steroid dienone is 1. The van der Waals surface area contributed by atoms with Gasteiger partial charge in [-0.05, 0) is 6.92 Å². The Kier molecular flexibility index (Phi) is 5.92. The summed E-state index contributed by atoms with van der Waals surface area (Å²) in [5.74, 6) is -0.455. The first kappa shape index (κ1) is 11.9. The van der Waals surface area contributed by atoms with Gasteiger partial charge in [0.15, 0.2) is 0 Å². The lowest BCUT2D eigenvalue weighted by Gasteiger charge is -2.09. The summed E-state index contributed by atoms with van der Waals surface area (Å²) in [5.41, 5.74) is 0.583. The molecular formula is C8H15NO4. The van der Waals surface area contributed by atoms with E-state index in [1.54, 1.807) is 6.92 Å². The van der Waals surface area contributed by atoms with Crippen molar-refractivity contribution in [3.8, 4) is 0 Å². The van der Waals surface area contributed by atoms with Crippen LogP contribution in [-0.4, -0.2) is 42.5 Å². The summed E-state index contributed by atoms with van der Waals surface area (Å²) in [4.78, 5) is 10.7. The van der Waals surface area contributed by atoms with E-state index in [2.05, 4.69) is 10.1 Å². The molecule has 0 aliphatic rings. The van der Waals surface area contributed by atoms with Crippen molar-refractivity contribution in [3.63, 3.8) is 0 Å². The van der Waals surface area contributed by atoms with Gasteiger partial charge < -0.3 is 20.3 Å². The zero-order valence-corrected chi connectivity index (χ0v) is 7.78. The molecule has 0 rings (SSSR count). The lowest BCUT2D eigenvalue weighted by atomic mass is 10.3. The van der Waals surface area contributed by atoms with Gasteiger partial charge in [-0.2, -0.15) is 0 Å². The maximum atomic E-state index is 10.7. The van der Waals surface area contributed by atoms with Crippen LogP contribution >= 0.6 is 0 Å². The normalized spacial score (nSPS) is 13.7. The van der Waals surface area contributed by atoms with Crippen LogP contribution in [0.4, 0.5) is 0 Å². The van der Waals surface area contributed by atoms with Gasteiger partial charge in [0.05, 0.1) is 19.8 Å². The van der Waals surface area contributed by atoms with E-state index in [0.717, 1.165) is 0 Å². The largest absolute Gasteiger partial charge is 0.466 e. The summed E-state index contributed by atoms with van der Waals surface area (Å²) in [5, 5.41) is 20.2. The number of hydrogen-bond acceptors (Lipinski definition) is 5. The summed E-state index contributed by atoms with van der Waals surface area (Å²) in [6.07, 6.45) is 0.449. The van der Waals surface area contributed by atoms with Crippen LogP contribution in [0.15, 0.2) is 11.8 Å². The Morgan fingerprint density at radius 2 is 2.31 bits per heavy atom. The van der Waals surface area contributed by atoms with E-state index in [1.165, 1.54) is 13.2 Å². The van der Waals surface area contributed by atoms with Gasteiger partial charge in [-0.25, -0.2) is 4.79 Å². The molecule has 5 nitrogen and oxygen atoms in total. The molecule has 0 saturated carbocycles. The van der Waals surface area contributed by atoms with Crippen molar-refractivity contribution in [2.24, 2.45) is 0 Å². The Morgan fingerprint density at radius 3 is 2.77 bits per heavy atom. The smallest absolute Gasteiger partial charge is 0.332 e. The van der Waals surface area contributed by atoms with E-state index < -0.39 is 12.1 Å². The minimum absolute atomic E-state index is 0.204. The summed E-state index contributed by atoms with van der Waals surface area (Å²) >= 11 is 0. The quantitative estimate of drug-likeness (QED) is 0.382. The molecule has 0 saturated heterocycles. The van der Waals surface area contributed by atoms with E-state index in [0.29, 0.717) is 5.70 Å². The second-order valence-corrected chi connectivity index (χ2v) is 2.57. The molecule has 0 aliphatic heterocycles. The highest BCUT2D eigenvalue weighted by molar-refractivity contribution is 5.82. The van der Waals surface area contributed by atoms with E-state index in [4.69, 9.17) is 10.2 Å². The number of ether oxygens (including phenoxy) is 1. The Balaban J connectivity index is 3.79. The summed E-state index contributed by atoms with van der Waals surface area (Å²) in [6, 6.07) is 0. The van der Waals surface area contributed by atoms with Gasteiger partial charge in [-0.1, -0.05) is 0 Å². The molecule has 3 N–H and O–H groups in total. The number of nitrogens with one attached hydrogen (secondary N) is 1. The third kappa shape index (κ3) is 6.12. The minimum atomic E-state index is -0.819. The first-order valence-electron chi connectivity index (χ1n) is 3.89. The number of esters is 1. The molecule has 1 unspecified atom stereocenters. The molecule has 0 aromatic carbocycles. The van der Waals surface area contributed by atoms with Gasteiger partial charge in [-0.15, -0.1) is 0 Å². The van der Waals surface area contributed by atoms with Crippen LogP contribution < -0.4 is 5.32 Å². The van der Waals surface area contributed by atoms with Crippen molar-refractivity contribution < 1.29 is 19.7 Å². The molecule has 0 fully saturated rings. The van der Waals surface area contributed by atoms with Crippen molar-refractivity contribution in [2.45, 2.75) is 13.0 Å². The van der Waals surface area contributed by atoms with E-state index in [1.807, 2.05) is 0 Å². The third-order valence-corrected chi connectivity index (χ3v) is 1.36. The number of carbonyl (C=O) groups is 1. The zero-order chi connectivity index (χ0) is 10.3.